The molecule has 1 saturated carbocycles. The largest absolute Gasteiger partial charge is 0.317 e. The van der Waals surface area contributed by atoms with Crippen LogP contribution in [0.25, 0.3) is 0 Å². The van der Waals surface area contributed by atoms with Crippen molar-refractivity contribution >= 4 is 0 Å². The summed E-state index contributed by atoms with van der Waals surface area (Å²) in [5.74, 6) is 0. The average Bonchev–Trinajstić information content (AvgIpc) is 2.16. The third-order valence-electron chi connectivity index (χ3n) is 2.96. The highest BCUT2D eigenvalue weighted by molar-refractivity contribution is 5.36. The van der Waals surface area contributed by atoms with Gasteiger partial charge in [0, 0.05) is 6.04 Å². The van der Waals surface area contributed by atoms with Crippen LogP contribution in [0, 0.1) is 0 Å². The Hall–Kier alpha value is -0.560. The summed E-state index contributed by atoms with van der Waals surface area (Å²) in [5, 5.41) is 3.37. The van der Waals surface area contributed by atoms with Crippen LogP contribution in [0.15, 0.2) is 22.8 Å². The summed E-state index contributed by atoms with van der Waals surface area (Å²) in [5.41, 5.74) is 4.62. The van der Waals surface area contributed by atoms with Crippen molar-refractivity contribution in [1.29, 1.82) is 0 Å². The lowest BCUT2D eigenvalue weighted by molar-refractivity contribution is 0.491. The van der Waals surface area contributed by atoms with Gasteiger partial charge in [-0.1, -0.05) is 11.6 Å². The molecule has 0 amide bonds. The molecule has 1 aliphatic carbocycles. The average molecular weight is 179 g/mol. The lowest BCUT2D eigenvalue weighted by Crippen LogP contribution is -2.29. The van der Waals surface area contributed by atoms with Gasteiger partial charge in [-0.2, -0.15) is 0 Å². The van der Waals surface area contributed by atoms with E-state index < -0.39 is 0 Å². The van der Waals surface area contributed by atoms with Gasteiger partial charge in [0.15, 0.2) is 0 Å². The second-order valence-corrected chi connectivity index (χ2v) is 4.02. The summed E-state index contributed by atoms with van der Waals surface area (Å²) < 4.78 is 0. The summed E-state index contributed by atoms with van der Waals surface area (Å²) in [6.45, 7) is 6.59. The molecule has 0 heterocycles. The number of allylic oxidation sites excluding steroid dienone is 3. The van der Waals surface area contributed by atoms with Gasteiger partial charge in [0.1, 0.15) is 0 Å². The van der Waals surface area contributed by atoms with Crippen LogP contribution in [0.1, 0.15) is 40.0 Å². The molecule has 0 spiro atoms. The molecule has 0 radical (unpaired) electrons. The summed E-state index contributed by atoms with van der Waals surface area (Å²) in [4.78, 5) is 0. The number of rotatable bonds is 1. The molecule has 1 fully saturated rings. The molecule has 1 nitrogen and oxygen atoms in total. The van der Waals surface area contributed by atoms with Crippen molar-refractivity contribution in [1.82, 2.24) is 5.32 Å². The van der Waals surface area contributed by atoms with Gasteiger partial charge in [0.05, 0.1) is 0 Å². The van der Waals surface area contributed by atoms with Gasteiger partial charge in [-0.25, -0.2) is 0 Å². The van der Waals surface area contributed by atoms with E-state index in [0.29, 0.717) is 6.04 Å². The second-order valence-electron chi connectivity index (χ2n) is 4.02. The van der Waals surface area contributed by atoms with Crippen LogP contribution in [0.5, 0.6) is 0 Å². The molecule has 1 N–H and O–H groups in total. The van der Waals surface area contributed by atoms with Gasteiger partial charge in [-0.15, -0.1) is 0 Å². The molecule has 1 heteroatoms. The third kappa shape index (κ3) is 2.44. The predicted octanol–water partition coefficient (Wildman–Crippen LogP) is 3.04. The van der Waals surface area contributed by atoms with Gasteiger partial charge >= 0.3 is 0 Å². The van der Waals surface area contributed by atoms with Gasteiger partial charge in [0.25, 0.3) is 0 Å². The molecule has 1 rings (SSSR count). The number of hydrogen-bond donors (Lipinski definition) is 1. The van der Waals surface area contributed by atoms with Crippen molar-refractivity contribution in [2.45, 2.75) is 46.1 Å². The first kappa shape index (κ1) is 10.5. The maximum Gasteiger partial charge on any atom is 0.0108 e. The van der Waals surface area contributed by atoms with Crippen molar-refractivity contribution in [3.05, 3.63) is 22.8 Å². The third-order valence-corrected chi connectivity index (χ3v) is 2.96. The Morgan fingerprint density at radius 3 is 2.62 bits per heavy atom. The molecular weight excluding hydrogens is 158 g/mol. The van der Waals surface area contributed by atoms with Crippen molar-refractivity contribution in [2.75, 3.05) is 7.05 Å². The zero-order chi connectivity index (χ0) is 9.84. The topological polar surface area (TPSA) is 12.0 Å². The van der Waals surface area contributed by atoms with E-state index in [2.05, 4.69) is 39.2 Å². The Morgan fingerprint density at radius 2 is 2.15 bits per heavy atom. The first-order chi connectivity index (χ1) is 6.19. The van der Waals surface area contributed by atoms with Crippen LogP contribution >= 0.6 is 0 Å². The fourth-order valence-electron chi connectivity index (χ4n) is 2.05. The zero-order valence-electron chi connectivity index (χ0n) is 9.28. The molecule has 0 aromatic rings. The monoisotopic (exact) mass is 179 g/mol. The SMILES string of the molecule is C/C=C1/CCC(NC)CC1=C(C)C. The maximum atomic E-state index is 3.37. The Bertz CT molecular complexity index is 232. The van der Waals surface area contributed by atoms with E-state index in [1.165, 1.54) is 24.8 Å². The van der Waals surface area contributed by atoms with E-state index in [1.54, 1.807) is 11.1 Å². The Balaban J connectivity index is 2.82. The highest BCUT2D eigenvalue weighted by atomic mass is 14.9. The fraction of sp³-hybridized carbons (Fsp3) is 0.667. The van der Waals surface area contributed by atoms with Crippen molar-refractivity contribution in [2.24, 2.45) is 0 Å². The van der Waals surface area contributed by atoms with Crippen molar-refractivity contribution in [3.63, 3.8) is 0 Å². The van der Waals surface area contributed by atoms with E-state index >= 15 is 0 Å². The highest BCUT2D eigenvalue weighted by Crippen LogP contribution is 2.30. The van der Waals surface area contributed by atoms with Gasteiger partial charge < -0.3 is 5.32 Å². The quantitative estimate of drug-likeness (QED) is 0.652. The predicted molar refractivity (Wildman–Crippen MR) is 58.8 cm³/mol. The molecule has 1 unspecified atom stereocenters. The Kier molecular flexibility index (Phi) is 3.73. The van der Waals surface area contributed by atoms with Gasteiger partial charge in [-0.3, -0.25) is 0 Å². The molecule has 13 heavy (non-hydrogen) atoms. The minimum absolute atomic E-state index is 0.689. The first-order valence-electron chi connectivity index (χ1n) is 5.18. The van der Waals surface area contributed by atoms with E-state index in [9.17, 15) is 0 Å². The molecule has 0 saturated heterocycles. The lowest BCUT2D eigenvalue weighted by Gasteiger charge is -2.27. The van der Waals surface area contributed by atoms with Crippen LogP contribution in [0.2, 0.25) is 0 Å². The number of nitrogens with one attached hydrogen (secondary N) is 1. The number of hydrogen-bond acceptors (Lipinski definition) is 1. The van der Waals surface area contributed by atoms with Crippen LogP contribution in [0.3, 0.4) is 0 Å². The van der Waals surface area contributed by atoms with E-state index in [0.717, 1.165) is 0 Å². The molecular formula is C12H21N. The maximum absolute atomic E-state index is 3.37. The van der Waals surface area contributed by atoms with Gasteiger partial charge in [0.2, 0.25) is 0 Å². The first-order valence-corrected chi connectivity index (χ1v) is 5.18. The Morgan fingerprint density at radius 1 is 1.46 bits per heavy atom. The summed E-state index contributed by atoms with van der Waals surface area (Å²) >= 11 is 0. The van der Waals surface area contributed by atoms with Crippen LogP contribution in [-0.2, 0) is 0 Å². The van der Waals surface area contributed by atoms with E-state index in [4.69, 9.17) is 0 Å². The minimum atomic E-state index is 0.689. The standard InChI is InChI=1S/C12H21N/c1-5-10-6-7-11(13-4)8-12(10)9(2)3/h5,11,13H,6-8H2,1-4H3/b10-5-. The molecule has 0 aromatic carbocycles. The highest BCUT2D eigenvalue weighted by Gasteiger charge is 2.19. The fourth-order valence-corrected chi connectivity index (χ4v) is 2.05. The summed E-state index contributed by atoms with van der Waals surface area (Å²) in [6.07, 6.45) is 6.00. The second kappa shape index (κ2) is 4.61. The van der Waals surface area contributed by atoms with Crippen LogP contribution in [-0.4, -0.2) is 13.1 Å². The Labute approximate surface area is 81.9 Å². The van der Waals surface area contributed by atoms with Gasteiger partial charge in [-0.05, 0) is 58.2 Å². The zero-order valence-corrected chi connectivity index (χ0v) is 9.28. The van der Waals surface area contributed by atoms with Crippen molar-refractivity contribution < 1.29 is 0 Å². The smallest absolute Gasteiger partial charge is 0.0108 e. The summed E-state index contributed by atoms with van der Waals surface area (Å²) in [6, 6.07) is 0.689. The normalized spacial score (nSPS) is 26.6. The lowest BCUT2D eigenvalue weighted by atomic mass is 9.84. The molecule has 1 atom stereocenters. The minimum Gasteiger partial charge on any atom is -0.317 e. The van der Waals surface area contributed by atoms with E-state index in [-0.39, 0.29) is 0 Å². The van der Waals surface area contributed by atoms with E-state index in [1.807, 2.05) is 0 Å². The summed E-state index contributed by atoms with van der Waals surface area (Å²) in [7, 11) is 2.06. The van der Waals surface area contributed by atoms with Crippen LogP contribution < -0.4 is 5.32 Å². The molecule has 0 aliphatic heterocycles. The van der Waals surface area contributed by atoms with Crippen molar-refractivity contribution in [3.8, 4) is 0 Å². The molecule has 74 valence electrons. The van der Waals surface area contributed by atoms with Crippen LogP contribution in [0.4, 0.5) is 0 Å². The molecule has 0 aromatic heterocycles. The molecule has 1 aliphatic rings. The molecule has 0 bridgehead atoms.